The second-order valence-corrected chi connectivity index (χ2v) is 5.29. The summed E-state index contributed by atoms with van der Waals surface area (Å²) in [6.07, 6.45) is 10.8. The van der Waals surface area contributed by atoms with E-state index in [2.05, 4.69) is 11.8 Å². The van der Waals surface area contributed by atoms with E-state index >= 15 is 0 Å². The summed E-state index contributed by atoms with van der Waals surface area (Å²) in [6.45, 7) is 6.06. The normalized spacial score (nSPS) is 14.7. The Balaban J connectivity index is 1.73. The molecule has 1 aliphatic heterocycles. The van der Waals surface area contributed by atoms with Gasteiger partial charge in [0.2, 0.25) is 0 Å². The van der Waals surface area contributed by atoms with Gasteiger partial charge in [0.15, 0.2) is 0 Å². The lowest BCUT2D eigenvalue weighted by Gasteiger charge is -2.05. The van der Waals surface area contributed by atoms with Gasteiger partial charge in [-0.15, -0.1) is 0 Å². The Morgan fingerprint density at radius 1 is 1.00 bits per heavy atom. The number of carbonyl (C=O) groups excluding carboxylic acids is 1. The fourth-order valence-corrected chi connectivity index (χ4v) is 2.04. The molecule has 1 rings (SSSR count). The summed E-state index contributed by atoms with van der Waals surface area (Å²) in [5.74, 6) is -0.0233. The molecule has 0 aliphatic carbocycles. The minimum absolute atomic E-state index is 0.0233. The highest BCUT2D eigenvalue weighted by atomic mass is 16.5. The van der Waals surface area contributed by atoms with Gasteiger partial charge in [-0.05, 0) is 6.42 Å². The van der Waals surface area contributed by atoms with E-state index in [1.807, 2.05) is 0 Å². The third-order valence-corrected chi connectivity index (χ3v) is 3.43. The van der Waals surface area contributed by atoms with Crippen LogP contribution in [0.15, 0.2) is 0 Å². The molecule has 1 fully saturated rings. The van der Waals surface area contributed by atoms with Crippen molar-refractivity contribution in [1.29, 1.82) is 0 Å². The van der Waals surface area contributed by atoms with Crippen LogP contribution in [0.1, 0.15) is 64.7 Å². The number of esters is 1. The number of hydrogen-bond acceptors (Lipinski definition) is 3. The number of carbonyl (C=O) groups is 1. The SMILES string of the molecule is CCCCCCCCCCOC(=O)CCN1CC1. The summed E-state index contributed by atoms with van der Waals surface area (Å²) < 4.78 is 5.20. The van der Waals surface area contributed by atoms with Gasteiger partial charge in [0.1, 0.15) is 0 Å². The maximum Gasteiger partial charge on any atom is 0.307 e. The van der Waals surface area contributed by atoms with Crippen LogP contribution in [-0.2, 0) is 9.53 Å². The molecule has 106 valence electrons. The van der Waals surface area contributed by atoms with Gasteiger partial charge in [0.25, 0.3) is 0 Å². The zero-order chi connectivity index (χ0) is 13.1. The van der Waals surface area contributed by atoms with Gasteiger partial charge in [0, 0.05) is 19.6 Å². The fraction of sp³-hybridized carbons (Fsp3) is 0.933. The lowest BCUT2D eigenvalue weighted by atomic mass is 10.1. The summed E-state index contributed by atoms with van der Waals surface area (Å²) in [4.78, 5) is 13.6. The predicted octanol–water partition coefficient (Wildman–Crippen LogP) is 3.38. The van der Waals surface area contributed by atoms with Crippen molar-refractivity contribution in [3.05, 3.63) is 0 Å². The summed E-state index contributed by atoms with van der Waals surface area (Å²) >= 11 is 0. The Labute approximate surface area is 112 Å². The molecular weight excluding hydrogens is 226 g/mol. The number of nitrogens with zero attached hydrogens (tertiary/aromatic N) is 1. The van der Waals surface area contributed by atoms with Gasteiger partial charge in [0.05, 0.1) is 13.0 Å². The average molecular weight is 255 g/mol. The molecule has 0 atom stereocenters. The first-order chi connectivity index (χ1) is 8.83. The monoisotopic (exact) mass is 255 g/mol. The van der Waals surface area contributed by atoms with E-state index in [1.54, 1.807) is 0 Å². The summed E-state index contributed by atoms with van der Waals surface area (Å²) in [5, 5.41) is 0. The van der Waals surface area contributed by atoms with Crippen LogP contribution in [0.5, 0.6) is 0 Å². The maximum absolute atomic E-state index is 11.3. The molecule has 0 N–H and O–H groups in total. The molecule has 0 aromatic heterocycles. The van der Waals surface area contributed by atoms with E-state index in [1.165, 1.54) is 44.9 Å². The fourth-order valence-electron chi connectivity index (χ4n) is 2.04. The van der Waals surface area contributed by atoms with Crippen LogP contribution < -0.4 is 0 Å². The highest BCUT2D eigenvalue weighted by Crippen LogP contribution is 2.09. The minimum Gasteiger partial charge on any atom is -0.466 e. The van der Waals surface area contributed by atoms with Gasteiger partial charge < -0.3 is 9.64 Å². The van der Waals surface area contributed by atoms with Crippen LogP contribution >= 0.6 is 0 Å². The van der Waals surface area contributed by atoms with Crippen LogP contribution in [0.2, 0.25) is 0 Å². The molecule has 0 unspecified atom stereocenters. The molecule has 1 aliphatic rings. The number of hydrogen-bond donors (Lipinski definition) is 0. The van der Waals surface area contributed by atoms with Crippen LogP contribution in [0.25, 0.3) is 0 Å². The Hall–Kier alpha value is -0.570. The molecule has 0 bridgehead atoms. The second kappa shape index (κ2) is 10.4. The lowest BCUT2D eigenvalue weighted by molar-refractivity contribution is -0.143. The molecule has 3 nitrogen and oxygen atoms in total. The quantitative estimate of drug-likeness (QED) is 0.304. The van der Waals surface area contributed by atoms with E-state index in [9.17, 15) is 4.79 Å². The van der Waals surface area contributed by atoms with Crippen LogP contribution in [-0.4, -0.2) is 37.1 Å². The molecule has 0 saturated carbocycles. The van der Waals surface area contributed by atoms with E-state index in [0.717, 1.165) is 26.1 Å². The summed E-state index contributed by atoms with van der Waals surface area (Å²) in [5.41, 5.74) is 0. The van der Waals surface area contributed by atoms with Crippen molar-refractivity contribution in [3.8, 4) is 0 Å². The topological polar surface area (TPSA) is 29.3 Å². The molecule has 18 heavy (non-hydrogen) atoms. The first-order valence-corrected chi connectivity index (χ1v) is 7.71. The second-order valence-electron chi connectivity index (χ2n) is 5.29. The number of ether oxygens (including phenoxy) is 1. The Morgan fingerprint density at radius 3 is 2.22 bits per heavy atom. The molecule has 0 spiro atoms. The zero-order valence-corrected chi connectivity index (χ0v) is 12.0. The van der Waals surface area contributed by atoms with Crippen molar-refractivity contribution in [2.24, 2.45) is 0 Å². The van der Waals surface area contributed by atoms with E-state index in [0.29, 0.717) is 13.0 Å². The van der Waals surface area contributed by atoms with Crippen LogP contribution in [0.4, 0.5) is 0 Å². The Morgan fingerprint density at radius 2 is 1.61 bits per heavy atom. The molecule has 1 saturated heterocycles. The maximum atomic E-state index is 11.3. The smallest absolute Gasteiger partial charge is 0.307 e. The Kier molecular flexibility index (Phi) is 8.92. The number of unbranched alkanes of at least 4 members (excludes halogenated alkanes) is 7. The van der Waals surface area contributed by atoms with Crippen molar-refractivity contribution in [2.75, 3.05) is 26.2 Å². The van der Waals surface area contributed by atoms with Gasteiger partial charge in [-0.2, -0.15) is 0 Å². The molecule has 1 heterocycles. The van der Waals surface area contributed by atoms with E-state index < -0.39 is 0 Å². The Bertz CT molecular complexity index is 215. The molecule has 3 heteroatoms. The first-order valence-electron chi connectivity index (χ1n) is 7.71. The molecular formula is C15H29NO2. The third kappa shape index (κ3) is 9.46. The van der Waals surface area contributed by atoms with Crippen molar-refractivity contribution >= 4 is 5.97 Å². The van der Waals surface area contributed by atoms with Crippen molar-refractivity contribution in [2.45, 2.75) is 64.7 Å². The highest BCUT2D eigenvalue weighted by Gasteiger charge is 2.17. The average Bonchev–Trinajstić information content (AvgIpc) is 3.18. The molecule has 0 aromatic carbocycles. The summed E-state index contributed by atoms with van der Waals surface area (Å²) in [7, 11) is 0. The largest absolute Gasteiger partial charge is 0.466 e. The van der Waals surface area contributed by atoms with Gasteiger partial charge >= 0.3 is 5.97 Å². The van der Waals surface area contributed by atoms with Gasteiger partial charge in [-0.1, -0.05) is 51.9 Å². The zero-order valence-electron chi connectivity index (χ0n) is 12.0. The number of rotatable bonds is 12. The van der Waals surface area contributed by atoms with Crippen LogP contribution in [0.3, 0.4) is 0 Å². The van der Waals surface area contributed by atoms with E-state index in [4.69, 9.17) is 4.74 Å². The van der Waals surface area contributed by atoms with Crippen molar-refractivity contribution < 1.29 is 9.53 Å². The minimum atomic E-state index is -0.0233. The lowest BCUT2D eigenvalue weighted by Crippen LogP contribution is -2.11. The highest BCUT2D eigenvalue weighted by molar-refractivity contribution is 5.69. The van der Waals surface area contributed by atoms with E-state index in [-0.39, 0.29) is 5.97 Å². The molecule has 0 amide bonds. The van der Waals surface area contributed by atoms with Gasteiger partial charge in [-0.25, -0.2) is 0 Å². The van der Waals surface area contributed by atoms with Crippen LogP contribution in [0, 0.1) is 0 Å². The van der Waals surface area contributed by atoms with Crippen molar-refractivity contribution in [3.63, 3.8) is 0 Å². The molecule has 0 aromatic rings. The predicted molar refractivity (Wildman–Crippen MR) is 74.6 cm³/mol. The first kappa shape index (κ1) is 15.5. The van der Waals surface area contributed by atoms with Gasteiger partial charge in [-0.3, -0.25) is 4.79 Å². The van der Waals surface area contributed by atoms with Crippen molar-refractivity contribution in [1.82, 2.24) is 4.90 Å². The molecule has 0 radical (unpaired) electrons. The summed E-state index contributed by atoms with van der Waals surface area (Å²) in [6, 6.07) is 0. The standard InChI is InChI=1S/C15H29NO2/c1-2-3-4-5-6-7-8-9-14-18-15(17)10-11-16-12-13-16/h2-14H2,1H3. The third-order valence-electron chi connectivity index (χ3n) is 3.43.